The number of anilines is 2. The minimum atomic E-state index is -0.510. The molecule has 5 aromatic rings. The van der Waals surface area contributed by atoms with Crippen molar-refractivity contribution in [3.63, 3.8) is 0 Å². The third-order valence-electron chi connectivity index (χ3n) is 7.07. The smallest absolute Gasteiger partial charge is 0.272 e. The van der Waals surface area contributed by atoms with E-state index in [4.69, 9.17) is 11.6 Å². The number of rotatable bonds is 10. The van der Waals surface area contributed by atoms with Crippen LogP contribution in [0, 0.1) is 13.8 Å². The van der Waals surface area contributed by atoms with Gasteiger partial charge < -0.3 is 16.0 Å². The molecule has 3 amide bonds. The van der Waals surface area contributed by atoms with Gasteiger partial charge in [-0.2, -0.15) is 0 Å². The van der Waals surface area contributed by atoms with E-state index in [1.54, 1.807) is 66.7 Å². The summed E-state index contributed by atoms with van der Waals surface area (Å²) in [6.45, 7) is 3.96. The maximum Gasteiger partial charge on any atom is 0.272 e. The van der Waals surface area contributed by atoms with E-state index in [-0.39, 0.29) is 11.6 Å². The van der Waals surface area contributed by atoms with Crippen molar-refractivity contribution < 1.29 is 14.4 Å². The average molecular weight is 646 g/mol. The fourth-order valence-electron chi connectivity index (χ4n) is 4.59. The number of carbonyl (C=O) groups is 3. The van der Waals surface area contributed by atoms with Crippen LogP contribution in [-0.2, 0) is 9.59 Å². The molecule has 0 radical (unpaired) electrons. The monoisotopic (exact) mass is 645 g/mol. The van der Waals surface area contributed by atoms with Crippen LogP contribution >= 0.6 is 23.4 Å². The lowest BCUT2D eigenvalue weighted by molar-refractivity contribution is -0.116. The van der Waals surface area contributed by atoms with E-state index < -0.39 is 17.1 Å². The first-order chi connectivity index (χ1) is 22.2. The largest absolute Gasteiger partial charge is 0.325 e. The second kappa shape index (κ2) is 15.3. The third-order valence-corrected chi connectivity index (χ3v) is 8.59. The first kappa shape index (κ1) is 32.3. The zero-order valence-corrected chi connectivity index (χ0v) is 26.9. The van der Waals surface area contributed by atoms with Crippen LogP contribution in [0.5, 0.6) is 0 Å². The molecule has 0 saturated heterocycles. The highest BCUT2D eigenvalue weighted by molar-refractivity contribution is 8.00. The van der Waals surface area contributed by atoms with E-state index in [0.29, 0.717) is 21.8 Å². The summed E-state index contributed by atoms with van der Waals surface area (Å²) >= 11 is 7.45. The highest BCUT2D eigenvalue weighted by Gasteiger charge is 2.23. The predicted molar refractivity (Wildman–Crippen MR) is 188 cm³/mol. The normalized spacial score (nSPS) is 11.8. The Morgan fingerprint density at radius 1 is 0.739 bits per heavy atom. The van der Waals surface area contributed by atoms with Crippen molar-refractivity contribution in [3.8, 4) is 0 Å². The van der Waals surface area contributed by atoms with Crippen LogP contribution in [0.2, 0.25) is 5.02 Å². The second-order valence-electron chi connectivity index (χ2n) is 10.6. The van der Waals surface area contributed by atoms with E-state index >= 15 is 0 Å². The molecular weight excluding hydrogens is 614 g/mol. The number of halogens is 1. The SMILES string of the molecule is Cc1ccc(C)c(NC(=O)C(Sc2ccc(NC(=O)/C(=C/c3ccc(Cl)cc3)NC(=O)c3ccccc3)cc2)c2ccccc2)c1. The van der Waals surface area contributed by atoms with Gasteiger partial charge in [0.2, 0.25) is 5.91 Å². The Hall–Kier alpha value is -5.11. The first-order valence-corrected chi connectivity index (χ1v) is 15.9. The number of aryl methyl sites for hydroxylation is 2. The number of benzene rings is 5. The second-order valence-corrected chi connectivity index (χ2v) is 12.2. The summed E-state index contributed by atoms with van der Waals surface area (Å²) in [6.07, 6.45) is 1.59. The van der Waals surface area contributed by atoms with Crippen LogP contribution in [0.15, 0.2) is 138 Å². The topological polar surface area (TPSA) is 87.3 Å². The zero-order valence-electron chi connectivity index (χ0n) is 25.3. The number of carbonyl (C=O) groups excluding carboxylic acids is 3. The summed E-state index contributed by atoms with van der Waals surface area (Å²) in [6, 6.07) is 38.5. The molecule has 5 aromatic carbocycles. The van der Waals surface area contributed by atoms with Gasteiger partial charge in [0.05, 0.1) is 0 Å². The van der Waals surface area contributed by atoms with Crippen LogP contribution < -0.4 is 16.0 Å². The first-order valence-electron chi connectivity index (χ1n) is 14.6. The molecule has 230 valence electrons. The van der Waals surface area contributed by atoms with E-state index in [1.165, 1.54) is 11.8 Å². The molecule has 0 bridgehead atoms. The van der Waals surface area contributed by atoms with E-state index in [2.05, 4.69) is 16.0 Å². The van der Waals surface area contributed by atoms with Gasteiger partial charge in [-0.1, -0.05) is 84.4 Å². The quantitative estimate of drug-likeness (QED) is 0.105. The van der Waals surface area contributed by atoms with Crippen molar-refractivity contribution >= 4 is 58.5 Å². The molecule has 0 spiro atoms. The molecule has 8 heteroatoms. The van der Waals surface area contributed by atoms with Gasteiger partial charge in [0, 0.05) is 26.9 Å². The molecule has 0 fully saturated rings. The van der Waals surface area contributed by atoms with Gasteiger partial charge in [0.25, 0.3) is 11.8 Å². The lowest BCUT2D eigenvalue weighted by Crippen LogP contribution is -2.30. The average Bonchev–Trinajstić information content (AvgIpc) is 3.07. The molecule has 5 rings (SSSR count). The standard InChI is InChI=1S/C38H32ClN3O3S/c1-25-13-14-26(2)33(23-25)41-38(45)35(28-9-5-3-6-10-28)46-32-21-19-31(20-22-32)40-37(44)34(24-27-15-17-30(39)18-16-27)42-36(43)29-11-7-4-8-12-29/h3-24,35H,1-2H3,(H,40,44)(H,41,45)(H,42,43)/b34-24-. The summed E-state index contributed by atoms with van der Waals surface area (Å²) in [5, 5.41) is 8.77. The molecule has 0 aliphatic carbocycles. The van der Waals surface area contributed by atoms with Crippen molar-refractivity contribution in [2.24, 2.45) is 0 Å². The highest BCUT2D eigenvalue weighted by atomic mass is 35.5. The number of amides is 3. The molecule has 3 N–H and O–H groups in total. The fourth-order valence-corrected chi connectivity index (χ4v) is 5.74. The number of hydrogen-bond donors (Lipinski definition) is 3. The molecule has 6 nitrogen and oxygen atoms in total. The molecule has 0 heterocycles. The Bertz CT molecular complexity index is 1860. The maximum atomic E-state index is 13.6. The van der Waals surface area contributed by atoms with Crippen molar-refractivity contribution in [3.05, 3.63) is 166 Å². The molecule has 0 saturated carbocycles. The Balaban J connectivity index is 1.33. The summed E-state index contributed by atoms with van der Waals surface area (Å²) < 4.78 is 0. The van der Waals surface area contributed by atoms with Crippen LogP contribution in [-0.4, -0.2) is 17.7 Å². The van der Waals surface area contributed by atoms with Gasteiger partial charge in [0.15, 0.2) is 0 Å². The Morgan fingerprint density at radius 3 is 2.07 bits per heavy atom. The fraction of sp³-hybridized carbons (Fsp3) is 0.0789. The Morgan fingerprint density at radius 2 is 1.39 bits per heavy atom. The summed E-state index contributed by atoms with van der Waals surface area (Å²) in [5.74, 6) is -1.03. The van der Waals surface area contributed by atoms with Gasteiger partial charge in [-0.3, -0.25) is 14.4 Å². The summed E-state index contributed by atoms with van der Waals surface area (Å²) in [7, 11) is 0. The van der Waals surface area contributed by atoms with E-state index in [0.717, 1.165) is 27.3 Å². The Labute approximate surface area is 277 Å². The molecule has 1 atom stereocenters. The number of nitrogens with one attached hydrogen (secondary N) is 3. The predicted octanol–water partition coefficient (Wildman–Crippen LogP) is 8.84. The van der Waals surface area contributed by atoms with E-state index in [9.17, 15) is 14.4 Å². The molecule has 0 aliphatic heterocycles. The van der Waals surface area contributed by atoms with Crippen molar-refractivity contribution in [1.82, 2.24) is 5.32 Å². The Kier molecular flexibility index (Phi) is 10.7. The summed E-state index contributed by atoms with van der Waals surface area (Å²) in [4.78, 5) is 40.8. The zero-order chi connectivity index (χ0) is 32.5. The molecular formula is C38H32ClN3O3S. The van der Waals surface area contributed by atoms with Gasteiger partial charge in [-0.15, -0.1) is 11.8 Å². The van der Waals surface area contributed by atoms with Crippen LogP contribution in [0.4, 0.5) is 11.4 Å². The number of thioether (sulfide) groups is 1. The van der Waals surface area contributed by atoms with Gasteiger partial charge in [-0.05, 0) is 96.8 Å². The molecule has 1 unspecified atom stereocenters. The lowest BCUT2D eigenvalue weighted by Gasteiger charge is -2.18. The lowest BCUT2D eigenvalue weighted by atomic mass is 10.1. The van der Waals surface area contributed by atoms with Gasteiger partial charge in [-0.25, -0.2) is 0 Å². The highest BCUT2D eigenvalue weighted by Crippen LogP contribution is 2.37. The number of hydrogen-bond acceptors (Lipinski definition) is 4. The molecule has 46 heavy (non-hydrogen) atoms. The van der Waals surface area contributed by atoms with Gasteiger partial charge >= 0.3 is 0 Å². The molecule has 0 aromatic heterocycles. The van der Waals surface area contributed by atoms with Crippen LogP contribution in [0.1, 0.15) is 37.9 Å². The van der Waals surface area contributed by atoms with Crippen molar-refractivity contribution in [1.29, 1.82) is 0 Å². The van der Waals surface area contributed by atoms with Crippen molar-refractivity contribution in [2.75, 3.05) is 10.6 Å². The van der Waals surface area contributed by atoms with Crippen LogP contribution in [0.25, 0.3) is 6.08 Å². The molecule has 0 aliphatic rings. The third kappa shape index (κ3) is 8.75. The van der Waals surface area contributed by atoms with Gasteiger partial charge in [0.1, 0.15) is 10.9 Å². The van der Waals surface area contributed by atoms with E-state index in [1.807, 2.05) is 80.6 Å². The minimum Gasteiger partial charge on any atom is -0.325 e. The maximum absolute atomic E-state index is 13.6. The minimum absolute atomic E-state index is 0.0712. The summed E-state index contributed by atoms with van der Waals surface area (Å²) in [5.41, 5.74) is 5.43. The van der Waals surface area contributed by atoms with Crippen molar-refractivity contribution in [2.45, 2.75) is 24.0 Å². The van der Waals surface area contributed by atoms with Crippen LogP contribution in [0.3, 0.4) is 0 Å².